The van der Waals surface area contributed by atoms with Gasteiger partial charge in [0.1, 0.15) is 0 Å². The van der Waals surface area contributed by atoms with Crippen molar-refractivity contribution in [3.8, 4) is 0 Å². The van der Waals surface area contributed by atoms with Crippen LogP contribution in [0.25, 0.3) is 11.0 Å². The maximum Gasteiger partial charge on any atom is 0.328 e. The van der Waals surface area contributed by atoms with Crippen molar-refractivity contribution in [3.63, 3.8) is 0 Å². The van der Waals surface area contributed by atoms with Gasteiger partial charge in [0.25, 0.3) is 5.91 Å². The number of aryl methyl sites for hydroxylation is 2. The first-order valence-electron chi connectivity index (χ1n) is 11.5. The molecule has 9 nitrogen and oxygen atoms in total. The fourth-order valence-electron chi connectivity index (χ4n) is 7.09. The monoisotopic (exact) mass is 454 g/mol. The molecule has 1 aromatic heterocycles. The maximum absolute atomic E-state index is 13.2. The molecular weight excluding hydrogens is 424 g/mol. The summed E-state index contributed by atoms with van der Waals surface area (Å²) < 4.78 is 8.58. The molecule has 2 unspecified atom stereocenters. The minimum absolute atomic E-state index is 0.0623. The van der Waals surface area contributed by atoms with Gasteiger partial charge >= 0.3 is 11.7 Å². The first-order chi connectivity index (χ1) is 15.6. The zero-order chi connectivity index (χ0) is 23.5. The van der Waals surface area contributed by atoms with E-state index in [4.69, 9.17) is 4.74 Å². The topological polar surface area (TPSA) is 111 Å². The number of esters is 1. The van der Waals surface area contributed by atoms with Crippen LogP contribution in [0.5, 0.6) is 0 Å². The molecule has 0 saturated heterocycles. The molecule has 4 saturated carbocycles. The Bertz CT molecular complexity index is 1210. The second kappa shape index (κ2) is 7.46. The van der Waals surface area contributed by atoms with E-state index in [-0.39, 0.29) is 29.7 Å². The summed E-state index contributed by atoms with van der Waals surface area (Å²) in [5.74, 6) is -0.00695. The van der Waals surface area contributed by atoms with E-state index in [0.29, 0.717) is 29.5 Å². The molecule has 2 amide bonds. The first kappa shape index (κ1) is 21.7. The number of benzene rings is 1. The number of carbonyl (C=O) groups excluding carboxylic acids is 3. The van der Waals surface area contributed by atoms with Crippen molar-refractivity contribution in [1.82, 2.24) is 14.5 Å². The van der Waals surface area contributed by atoms with Crippen molar-refractivity contribution >= 4 is 34.5 Å². The third-order valence-corrected chi connectivity index (χ3v) is 7.83. The van der Waals surface area contributed by atoms with Gasteiger partial charge in [0.2, 0.25) is 5.91 Å². The molecule has 2 N–H and O–H groups in total. The van der Waals surface area contributed by atoms with Crippen LogP contribution in [0, 0.1) is 17.3 Å². The van der Waals surface area contributed by atoms with Gasteiger partial charge in [0.05, 0.1) is 16.4 Å². The number of nitrogens with zero attached hydrogens (tertiary/aromatic N) is 2. The Morgan fingerprint density at radius 3 is 2.39 bits per heavy atom. The highest BCUT2D eigenvalue weighted by Crippen LogP contribution is 2.62. The summed E-state index contributed by atoms with van der Waals surface area (Å²) in [5, 5.41) is 5.89. The van der Waals surface area contributed by atoms with Crippen LogP contribution in [-0.2, 0) is 33.2 Å². The number of aromatic nitrogens is 2. The van der Waals surface area contributed by atoms with Crippen LogP contribution in [0.1, 0.15) is 45.4 Å². The third-order valence-electron chi connectivity index (χ3n) is 7.83. The van der Waals surface area contributed by atoms with Crippen LogP contribution < -0.4 is 16.3 Å². The van der Waals surface area contributed by atoms with Crippen LogP contribution in [0.2, 0.25) is 0 Å². The van der Waals surface area contributed by atoms with E-state index < -0.39 is 11.3 Å². The van der Waals surface area contributed by atoms with E-state index >= 15 is 0 Å². The van der Waals surface area contributed by atoms with Gasteiger partial charge in [-0.05, 0) is 68.6 Å². The molecule has 4 bridgehead atoms. The van der Waals surface area contributed by atoms with Crippen LogP contribution in [0.3, 0.4) is 0 Å². The molecule has 1 aromatic carbocycles. The highest BCUT2D eigenvalue weighted by Gasteiger charge is 2.61. The number of amides is 2. The minimum atomic E-state index is -0.617. The largest absolute Gasteiger partial charge is 0.455 e. The zero-order valence-corrected chi connectivity index (χ0v) is 19.3. The predicted octanol–water partition coefficient (Wildman–Crippen LogP) is 1.83. The van der Waals surface area contributed by atoms with Gasteiger partial charge in [-0.2, -0.15) is 0 Å². The molecule has 2 aromatic rings. The number of ether oxygens (including phenoxy) is 1. The predicted molar refractivity (Wildman–Crippen MR) is 121 cm³/mol. The Hall–Kier alpha value is -3.10. The molecule has 0 aliphatic heterocycles. The van der Waals surface area contributed by atoms with E-state index in [1.54, 1.807) is 36.9 Å². The lowest BCUT2D eigenvalue weighted by Crippen LogP contribution is -2.64. The molecule has 0 spiro atoms. The van der Waals surface area contributed by atoms with Crippen LogP contribution in [0.15, 0.2) is 23.0 Å². The Morgan fingerprint density at radius 2 is 1.73 bits per heavy atom. The van der Waals surface area contributed by atoms with Crippen molar-refractivity contribution in [1.29, 1.82) is 0 Å². The molecule has 6 rings (SSSR count). The summed E-state index contributed by atoms with van der Waals surface area (Å²) in [6.45, 7) is 1.16. The van der Waals surface area contributed by atoms with Gasteiger partial charge in [0, 0.05) is 32.2 Å². The van der Waals surface area contributed by atoms with Crippen molar-refractivity contribution in [2.24, 2.45) is 31.3 Å². The summed E-state index contributed by atoms with van der Waals surface area (Å²) in [5.41, 5.74) is 0.918. The number of rotatable bonds is 5. The Balaban J connectivity index is 1.25. The molecule has 4 aliphatic rings. The average Bonchev–Trinajstić information content (AvgIpc) is 2.94. The van der Waals surface area contributed by atoms with Crippen molar-refractivity contribution < 1.29 is 19.1 Å². The van der Waals surface area contributed by atoms with E-state index in [2.05, 4.69) is 10.6 Å². The number of hydrogen-bond donors (Lipinski definition) is 2. The van der Waals surface area contributed by atoms with Gasteiger partial charge in [-0.25, -0.2) is 4.79 Å². The first-order valence-corrected chi connectivity index (χ1v) is 11.5. The van der Waals surface area contributed by atoms with Crippen LogP contribution in [-0.4, -0.2) is 39.1 Å². The van der Waals surface area contributed by atoms with Crippen molar-refractivity contribution in [3.05, 3.63) is 28.7 Å². The summed E-state index contributed by atoms with van der Waals surface area (Å²) in [6.07, 6.45) is 5.06. The SMILES string of the molecule is CC(=O)NC12C[C@H]3C[C@@H](C1)CC(C(=O)OCC(=O)Nc1ccc4c(c1)n(C)c(=O)n4C)(C3)C2. The lowest BCUT2D eigenvalue weighted by Gasteiger charge is -2.60. The van der Waals surface area contributed by atoms with Crippen molar-refractivity contribution in [2.75, 3.05) is 11.9 Å². The Kier molecular flexibility index (Phi) is 4.91. The van der Waals surface area contributed by atoms with E-state index in [1.807, 2.05) is 0 Å². The fourth-order valence-corrected chi connectivity index (χ4v) is 7.09. The van der Waals surface area contributed by atoms with Gasteiger partial charge in [0.15, 0.2) is 6.61 Å². The Labute approximate surface area is 191 Å². The molecule has 0 radical (unpaired) electrons. The van der Waals surface area contributed by atoms with Crippen LogP contribution in [0.4, 0.5) is 5.69 Å². The summed E-state index contributed by atoms with van der Waals surface area (Å²) in [6, 6.07) is 5.22. The van der Waals surface area contributed by atoms with Gasteiger partial charge < -0.3 is 15.4 Å². The standard InChI is InChI=1S/C24H30N4O5/c1-14(29)26-24-10-15-6-16(11-24)9-23(8-15,13-24)21(31)33-12-20(30)25-17-4-5-18-19(7-17)28(3)22(32)27(18)2/h4-5,7,15-16H,6,8-13H2,1-3H3,(H,25,30)(H,26,29)/t15-,16+,23?,24?. The number of anilines is 1. The second-order valence-corrected chi connectivity index (χ2v) is 10.4. The van der Waals surface area contributed by atoms with Gasteiger partial charge in [-0.3, -0.25) is 23.5 Å². The molecule has 176 valence electrons. The lowest BCUT2D eigenvalue weighted by molar-refractivity contribution is -0.176. The smallest absolute Gasteiger partial charge is 0.328 e. The molecular formula is C24H30N4O5. The fraction of sp³-hybridized carbons (Fsp3) is 0.583. The quantitative estimate of drug-likeness (QED) is 0.670. The molecule has 4 atom stereocenters. The summed E-state index contributed by atoms with van der Waals surface area (Å²) in [4.78, 5) is 49.6. The van der Waals surface area contributed by atoms with E-state index in [0.717, 1.165) is 37.6 Å². The van der Waals surface area contributed by atoms with Gasteiger partial charge in [-0.15, -0.1) is 0 Å². The molecule has 4 fully saturated rings. The highest BCUT2D eigenvalue weighted by atomic mass is 16.5. The third kappa shape index (κ3) is 3.63. The van der Waals surface area contributed by atoms with Crippen molar-refractivity contribution in [2.45, 2.75) is 51.0 Å². The number of imidazole rings is 1. The van der Waals surface area contributed by atoms with E-state index in [1.165, 1.54) is 11.5 Å². The molecule has 9 heteroatoms. The Morgan fingerprint density at radius 1 is 1.06 bits per heavy atom. The van der Waals surface area contributed by atoms with E-state index in [9.17, 15) is 19.2 Å². The highest BCUT2D eigenvalue weighted by molar-refractivity contribution is 5.95. The number of hydrogen-bond acceptors (Lipinski definition) is 5. The number of fused-ring (bicyclic) bond motifs is 1. The minimum Gasteiger partial charge on any atom is -0.455 e. The summed E-state index contributed by atoms with van der Waals surface area (Å²) >= 11 is 0. The second-order valence-electron chi connectivity index (χ2n) is 10.4. The molecule has 1 heterocycles. The average molecular weight is 455 g/mol. The van der Waals surface area contributed by atoms with Gasteiger partial charge in [-0.1, -0.05) is 0 Å². The maximum atomic E-state index is 13.2. The summed E-state index contributed by atoms with van der Waals surface area (Å²) in [7, 11) is 3.38. The molecule has 33 heavy (non-hydrogen) atoms. The number of nitrogens with one attached hydrogen (secondary N) is 2. The number of carbonyl (C=O) groups is 3. The normalized spacial score (nSPS) is 29.8. The molecule has 4 aliphatic carbocycles. The zero-order valence-electron chi connectivity index (χ0n) is 19.3. The lowest BCUT2D eigenvalue weighted by atomic mass is 9.47. The van der Waals surface area contributed by atoms with Crippen LogP contribution >= 0.6 is 0 Å².